The van der Waals surface area contributed by atoms with Crippen LogP contribution in [0.25, 0.3) is 0 Å². The molecule has 0 bridgehead atoms. The highest BCUT2D eigenvalue weighted by atomic mass is 16.3. The second-order valence-electron chi connectivity index (χ2n) is 6.42. The third-order valence-electron chi connectivity index (χ3n) is 4.97. The average molecular weight is 293 g/mol. The summed E-state index contributed by atoms with van der Waals surface area (Å²) < 4.78 is 1.93. The molecule has 21 heavy (non-hydrogen) atoms. The second-order valence-corrected chi connectivity index (χ2v) is 6.42. The van der Waals surface area contributed by atoms with Crippen molar-refractivity contribution in [3.8, 4) is 0 Å². The van der Waals surface area contributed by atoms with Crippen molar-refractivity contribution in [2.75, 3.05) is 6.61 Å². The van der Waals surface area contributed by atoms with Gasteiger partial charge in [0, 0.05) is 23.8 Å². The van der Waals surface area contributed by atoms with Crippen LogP contribution in [0.1, 0.15) is 62.4 Å². The predicted octanol–water partition coefficient (Wildman–Crippen LogP) is 2.94. The summed E-state index contributed by atoms with van der Waals surface area (Å²) in [4.78, 5) is 0. The summed E-state index contributed by atoms with van der Waals surface area (Å²) in [5.74, 6) is 0.859. The number of aryl methyl sites for hydroxylation is 1. The minimum atomic E-state index is 0.149. The number of hydrogen-bond acceptors (Lipinski definition) is 3. The van der Waals surface area contributed by atoms with Crippen LogP contribution in [-0.2, 0) is 13.1 Å². The first-order valence-electron chi connectivity index (χ1n) is 8.54. The molecule has 1 fully saturated rings. The van der Waals surface area contributed by atoms with Crippen LogP contribution in [0.4, 0.5) is 0 Å². The lowest BCUT2D eigenvalue weighted by atomic mass is 9.96. The highest BCUT2D eigenvalue weighted by molar-refractivity contribution is 5.24. The minimum absolute atomic E-state index is 0.149. The summed E-state index contributed by atoms with van der Waals surface area (Å²) in [5.41, 5.74) is 3.60. The summed E-state index contributed by atoms with van der Waals surface area (Å²) >= 11 is 0. The molecule has 2 atom stereocenters. The average Bonchev–Trinajstić information content (AvgIpc) is 3.01. The molecule has 0 amide bonds. The first-order valence-corrected chi connectivity index (χ1v) is 8.54. The number of nitrogens with one attached hydrogen (secondary N) is 1. The molecule has 1 aliphatic rings. The smallest absolute Gasteiger partial charge is 0.0644 e. The van der Waals surface area contributed by atoms with Crippen LogP contribution < -0.4 is 5.32 Å². The van der Waals surface area contributed by atoms with E-state index in [0.29, 0.717) is 12.6 Å². The van der Waals surface area contributed by atoms with Crippen molar-refractivity contribution in [2.45, 2.75) is 78.4 Å². The summed E-state index contributed by atoms with van der Waals surface area (Å²) in [6, 6.07) is 0.677. The first-order chi connectivity index (χ1) is 10.2. The van der Waals surface area contributed by atoms with E-state index in [2.05, 4.69) is 31.2 Å². The Morgan fingerprint density at radius 2 is 2.14 bits per heavy atom. The Balaban J connectivity index is 1.93. The largest absolute Gasteiger partial charge is 0.394 e. The molecule has 2 rings (SSSR count). The quantitative estimate of drug-likeness (QED) is 0.775. The fraction of sp³-hybridized carbons (Fsp3) is 0.824. The Morgan fingerprint density at radius 1 is 1.33 bits per heavy atom. The molecule has 1 heterocycles. The van der Waals surface area contributed by atoms with Crippen molar-refractivity contribution in [3.05, 3.63) is 17.0 Å². The standard InChI is InChI=1S/C17H31N3O/c1-4-5-7-15-8-6-9-17(15)18-12-16-13(2)19-20(10-11-21)14(16)3/h15,17-18,21H,4-12H2,1-3H3. The van der Waals surface area contributed by atoms with E-state index in [1.807, 2.05) is 4.68 Å². The molecule has 0 aliphatic heterocycles. The van der Waals surface area contributed by atoms with Crippen molar-refractivity contribution in [1.82, 2.24) is 15.1 Å². The van der Waals surface area contributed by atoms with Gasteiger partial charge in [0.05, 0.1) is 18.8 Å². The second kappa shape index (κ2) is 7.95. The van der Waals surface area contributed by atoms with Crippen LogP contribution in [-0.4, -0.2) is 27.5 Å². The SMILES string of the molecule is CCCCC1CCCC1NCc1c(C)nn(CCO)c1C. The van der Waals surface area contributed by atoms with Crippen LogP contribution in [0.3, 0.4) is 0 Å². The summed E-state index contributed by atoms with van der Waals surface area (Å²) in [6.45, 7) is 8.11. The molecule has 0 aromatic carbocycles. The van der Waals surface area contributed by atoms with Gasteiger partial charge in [-0.25, -0.2) is 0 Å². The monoisotopic (exact) mass is 293 g/mol. The molecule has 2 unspecified atom stereocenters. The third kappa shape index (κ3) is 4.07. The fourth-order valence-electron chi connectivity index (χ4n) is 3.65. The number of aromatic nitrogens is 2. The summed E-state index contributed by atoms with van der Waals surface area (Å²) in [6.07, 6.45) is 8.10. The van der Waals surface area contributed by atoms with Gasteiger partial charge in [-0.2, -0.15) is 5.10 Å². The van der Waals surface area contributed by atoms with Gasteiger partial charge in [-0.1, -0.05) is 26.2 Å². The van der Waals surface area contributed by atoms with E-state index in [4.69, 9.17) is 5.11 Å². The fourth-order valence-corrected chi connectivity index (χ4v) is 3.65. The van der Waals surface area contributed by atoms with E-state index < -0.39 is 0 Å². The number of unbranched alkanes of at least 4 members (excludes halogenated alkanes) is 1. The lowest BCUT2D eigenvalue weighted by Gasteiger charge is -2.21. The van der Waals surface area contributed by atoms with Crippen molar-refractivity contribution >= 4 is 0 Å². The van der Waals surface area contributed by atoms with Crippen LogP contribution in [0.2, 0.25) is 0 Å². The van der Waals surface area contributed by atoms with Crippen LogP contribution in [0.5, 0.6) is 0 Å². The number of nitrogens with zero attached hydrogens (tertiary/aromatic N) is 2. The number of hydrogen-bond donors (Lipinski definition) is 2. The van der Waals surface area contributed by atoms with Gasteiger partial charge in [0.15, 0.2) is 0 Å². The van der Waals surface area contributed by atoms with Crippen LogP contribution >= 0.6 is 0 Å². The molecule has 4 nitrogen and oxygen atoms in total. The zero-order valence-electron chi connectivity index (χ0n) is 13.9. The van der Waals surface area contributed by atoms with E-state index in [1.165, 1.54) is 49.8 Å². The molecule has 1 saturated carbocycles. The highest BCUT2D eigenvalue weighted by Gasteiger charge is 2.26. The molecule has 0 radical (unpaired) electrons. The predicted molar refractivity (Wildman–Crippen MR) is 86.3 cm³/mol. The highest BCUT2D eigenvalue weighted by Crippen LogP contribution is 2.30. The number of aliphatic hydroxyl groups is 1. The Labute approximate surface area is 128 Å². The zero-order valence-corrected chi connectivity index (χ0v) is 13.9. The number of aliphatic hydroxyl groups excluding tert-OH is 1. The molecule has 1 aromatic rings. The molecule has 2 N–H and O–H groups in total. The van der Waals surface area contributed by atoms with E-state index in [0.717, 1.165) is 18.2 Å². The van der Waals surface area contributed by atoms with Gasteiger partial charge in [0.1, 0.15) is 0 Å². The Kier molecular flexibility index (Phi) is 6.24. The maximum absolute atomic E-state index is 9.09. The lowest BCUT2D eigenvalue weighted by Crippen LogP contribution is -2.32. The molecule has 120 valence electrons. The number of rotatable bonds is 8. The molecule has 1 aromatic heterocycles. The Hall–Kier alpha value is -0.870. The maximum Gasteiger partial charge on any atom is 0.0644 e. The molecule has 0 saturated heterocycles. The van der Waals surface area contributed by atoms with Gasteiger partial charge in [0.25, 0.3) is 0 Å². The minimum Gasteiger partial charge on any atom is -0.394 e. The van der Waals surface area contributed by atoms with Crippen molar-refractivity contribution in [2.24, 2.45) is 5.92 Å². The Morgan fingerprint density at radius 3 is 2.86 bits per heavy atom. The van der Waals surface area contributed by atoms with Crippen molar-refractivity contribution < 1.29 is 5.11 Å². The van der Waals surface area contributed by atoms with E-state index in [9.17, 15) is 0 Å². The topological polar surface area (TPSA) is 50.1 Å². The van der Waals surface area contributed by atoms with E-state index >= 15 is 0 Å². The van der Waals surface area contributed by atoms with Crippen LogP contribution in [0, 0.1) is 19.8 Å². The van der Waals surface area contributed by atoms with Crippen molar-refractivity contribution in [3.63, 3.8) is 0 Å². The zero-order chi connectivity index (χ0) is 15.2. The molecular weight excluding hydrogens is 262 g/mol. The first kappa shape index (κ1) is 16.5. The van der Waals surface area contributed by atoms with E-state index in [1.54, 1.807) is 0 Å². The Bertz CT molecular complexity index is 441. The van der Waals surface area contributed by atoms with Gasteiger partial charge < -0.3 is 10.4 Å². The normalized spacial score (nSPS) is 22.1. The summed E-state index contributed by atoms with van der Waals surface area (Å²) in [5, 5.41) is 17.4. The van der Waals surface area contributed by atoms with Crippen molar-refractivity contribution in [1.29, 1.82) is 0 Å². The van der Waals surface area contributed by atoms with Gasteiger partial charge >= 0.3 is 0 Å². The van der Waals surface area contributed by atoms with Gasteiger partial charge in [-0.3, -0.25) is 4.68 Å². The lowest BCUT2D eigenvalue weighted by molar-refractivity contribution is 0.267. The maximum atomic E-state index is 9.09. The van der Waals surface area contributed by atoms with E-state index in [-0.39, 0.29) is 6.61 Å². The molecule has 4 heteroatoms. The van der Waals surface area contributed by atoms with Gasteiger partial charge in [-0.15, -0.1) is 0 Å². The molecule has 1 aliphatic carbocycles. The van der Waals surface area contributed by atoms with Gasteiger partial charge in [-0.05, 0) is 39.0 Å². The van der Waals surface area contributed by atoms with Gasteiger partial charge in [0.2, 0.25) is 0 Å². The molecular formula is C17H31N3O. The van der Waals surface area contributed by atoms with Crippen LogP contribution in [0.15, 0.2) is 0 Å². The summed E-state index contributed by atoms with van der Waals surface area (Å²) in [7, 11) is 0. The third-order valence-corrected chi connectivity index (χ3v) is 4.97. The molecule has 0 spiro atoms.